The molecule has 0 aliphatic rings. The molecule has 0 aromatic carbocycles. The van der Waals surface area contributed by atoms with E-state index >= 15 is 0 Å². The van der Waals surface area contributed by atoms with Gasteiger partial charge in [-0.3, -0.25) is 16.2 Å². The molecular weight excluding hydrogens is 475 g/mol. The van der Waals surface area contributed by atoms with Gasteiger partial charge in [0.05, 0.1) is 19.0 Å². The van der Waals surface area contributed by atoms with Crippen molar-refractivity contribution < 1.29 is 35.6 Å². The molecule has 0 spiro atoms. The van der Waals surface area contributed by atoms with Crippen LogP contribution < -0.4 is 0 Å². The van der Waals surface area contributed by atoms with E-state index in [2.05, 4.69) is 83.1 Å². The van der Waals surface area contributed by atoms with Crippen LogP contribution in [0.5, 0.6) is 0 Å². The summed E-state index contributed by atoms with van der Waals surface area (Å²) < 4.78 is 0. The van der Waals surface area contributed by atoms with Gasteiger partial charge in [0.15, 0.2) is 0 Å². The van der Waals surface area contributed by atoms with Crippen molar-refractivity contribution in [1.29, 1.82) is 16.2 Å². The quantitative estimate of drug-likeness (QED) is 0.289. The van der Waals surface area contributed by atoms with Crippen molar-refractivity contribution in [2.75, 3.05) is 0 Å². The molecule has 0 aromatic heterocycles. The van der Waals surface area contributed by atoms with E-state index in [1.807, 2.05) is 14.7 Å². The van der Waals surface area contributed by atoms with E-state index in [9.17, 15) is 0 Å². The Hall–Kier alpha value is -0.395. The fourth-order valence-corrected chi connectivity index (χ4v) is 2.68. The monoisotopic (exact) mass is 523 g/mol. The molecule has 0 rings (SSSR count). The maximum Gasteiger partial charge on any atom is 0.0821 e. The Balaban J connectivity index is -0.000000152. The zero-order chi connectivity index (χ0) is 22.3. The molecule has 0 bridgehead atoms. The van der Waals surface area contributed by atoms with Crippen LogP contribution in [0.1, 0.15) is 83.1 Å². The minimum atomic E-state index is 0. The van der Waals surface area contributed by atoms with Crippen LogP contribution in [-0.4, -0.2) is 70.0 Å². The average molecular weight is 524 g/mol. The largest absolute Gasteiger partial charge is 0.358 e. The number of hydrogen-bond acceptors (Lipinski definition) is 3. The summed E-state index contributed by atoms with van der Waals surface area (Å²) in [5.74, 6) is 0. The maximum atomic E-state index is 7.02. The third kappa shape index (κ3) is 17.7. The number of nitrogens with one attached hydrogen (secondary N) is 3. The molecule has 7 heteroatoms. The Bertz CT molecular complexity index is 300. The first-order chi connectivity index (χ1) is 12.3. The molecular formula is C21H48LaN6. The molecule has 0 atom stereocenters. The van der Waals surface area contributed by atoms with Crippen LogP contribution in [0.15, 0.2) is 0 Å². The van der Waals surface area contributed by atoms with Gasteiger partial charge in [-0.1, -0.05) is 0 Å². The van der Waals surface area contributed by atoms with Crippen LogP contribution in [0, 0.1) is 51.8 Å². The van der Waals surface area contributed by atoms with Crippen LogP contribution >= 0.6 is 0 Å². The summed E-state index contributed by atoms with van der Waals surface area (Å²) in [6.45, 7) is 25.1. The van der Waals surface area contributed by atoms with Crippen LogP contribution in [0.2, 0.25) is 0 Å². The predicted molar refractivity (Wildman–Crippen MR) is 123 cm³/mol. The number of rotatable bonds is 9. The van der Waals surface area contributed by atoms with E-state index in [-0.39, 0.29) is 35.6 Å². The minimum absolute atomic E-state index is 0. The van der Waals surface area contributed by atoms with Crippen molar-refractivity contribution >= 4 is 19.0 Å². The Labute approximate surface area is 203 Å². The molecule has 0 aromatic rings. The van der Waals surface area contributed by atoms with Crippen molar-refractivity contribution in [3.63, 3.8) is 0 Å². The average Bonchev–Trinajstić information content (AvgIpc) is 2.47. The second kappa shape index (κ2) is 19.9. The van der Waals surface area contributed by atoms with Crippen LogP contribution in [0.4, 0.5) is 0 Å². The smallest absolute Gasteiger partial charge is 0.0821 e. The predicted octanol–water partition coefficient (Wildman–Crippen LogP) is 5.14. The standard InChI is InChI=1S/3C7H16N2.La/c3*1-6(2)9(5-8)7(3)4;/h3*5-8H,1-4H3;. The maximum absolute atomic E-state index is 7.02. The van der Waals surface area contributed by atoms with Gasteiger partial charge < -0.3 is 14.7 Å². The first-order valence-corrected chi connectivity index (χ1v) is 10.1. The molecule has 0 saturated carbocycles. The molecule has 6 nitrogen and oxygen atoms in total. The van der Waals surface area contributed by atoms with E-state index in [1.54, 1.807) is 0 Å². The molecule has 0 amide bonds. The summed E-state index contributed by atoms with van der Waals surface area (Å²) in [5.41, 5.74) is 0. The summed E-state index contributed by atoms with van der Waals surface area (Å²) in [7, 11) is 0. The van der Waals surface area contributed by atoms with Crippen molar-refractivity contribution in [1.82, 2.24) is 14.7 Å². The van der Waals surface area contributed by atoms with Gasteiger partial charge >= 0.3 is 0 Å². The van der Waals surface area contributed by atoms with Gasteiger partial charge in [-0.25, -0.2) is 0 Å². The van der Waals surface area contributed by atoms with Gasteiger partial charge in [-0.05, 0) is 83.1 Å². The summed E-state index contributed by atoms with van der Waals surface area (Å²) in [6, 6.07) is 2.68. The first kappa shape index (κ1) is 35.1. The van der Waals surface area contributed by atoms with Gasteiger partial charge in [-0.2, -0.15) is 0 Å². The zero-order valence-electron chi connectivity index (χ0n) is 20.6. The fraction of sp³-hybridized carbons (Fsp3) is 0.857. The van der Waals surface area contributed by atoms with E-state index in [0.717, 1.165) is 0 Å². The second-order valence-corrected chi connectivity index (χ2v) is 8.29. The van der Waals surface area contributed by atoms with Crippen molar-refractivity contribution in [3.8, 4) is 0 Å². The Kier molecular flexibility index (Phi) is 24.9. The Morgan fingerprint density at radius 2 is 0.500 bits per heavy atom. The number of nitrogens with zero attached hydrogens (tertiary/aromatic N) is 3. The minimum Gasteiger partial charge on any atom is -0.358 e. The van der Waals surface area contributed by atoms with Crippen LogP contribution in [0.3, 0.4) is 0 Å². The van der Waals surface area contributed by atoms with Gasteiger partial charge in [0, 0.05) is 71.8 Å². The summed E-state index contributed by atoms with van der Waals surface area (Å²) in [4.78, 5) is 6.00. The molecule has 3 N–H and O–H groups in total. The summed E-state index contributed by atoms with van der Waals surface area (Å²) in [5, 5.41) is 21.1. The molecule has 0 unspecified atom stereocenters. The summed E-state index contributed by atoms with van der Waals surface area (Å²) >= 11 is 0. The van der Waals surface area contributed by atoms with Crippen LogP contribution in [-0.2, 0) is 0 Å². The zero-order valence-corrected chi connectivity index (χ0v) is 24.2. The van der Waals surface area contributed by atoms with E-state index in [0.29, 0.717) is 36.3 Å². The molecule has 0 saturated heterocycles. The van der Waals surface area contributed by atoms with Crippen molar-refractivity contribution in [3.05, 3.63) is 0 Å². The first-order valence-electron chi connectivity index (χ1n) is 10.1. The van der Waals surface area contributed by atoms with Gasteiger partial charge in [0.2, 0.25) is 0 Å². The Morgan fingerprint density at radius 1 is 0.393 bits per heavy atom. The molecule has 0 aliphatic heterocycles. The molecule has 0 aliphatic carbocycles. The molecule has 28 heavy (non-hydrogen) atoms. The second-order valence-electron chi connectivity index (χ2n) is 8.29. The van der Waals surface area contributed by atoms with E-state index < -0.39 is 0 Å². The summed E-state index contributed by atoms with van der Waals surface area (Å²) in [6.07, 6.45) is 4.19. The van der Waals surface area contributed by atoms with Crippen molar-refractivity contribution in [2.45, 2.75) is 119 Å². The molecule has 165 valence electrons. The van der Waals surface area contributed by atoms with Crippen LogP contribution in [0.25, 0.3) is 0 Å². The topological polar surface area (TPSA) is 81.3 Å². The van der Waals surface area contributed by atoms with Crippen molar-refractivity contribution in [2.24, 2.45) is 0 Å². The third-order valence-corrected chi connectivity index (χ3v) is 4.02. The SMILES string of the molecule is CC(C)N(C=N)C(C)C.CC(C)N(C=N)C(C)C.CC(C)N(C=N)C(C)C.[La]. The van der Waals surface area contributed by atoms with E-state index in [1.165, 1.54) is 19.0 Å². The fourth-order valence-electron chi connectivity index (χ4n) is 2.68. The normalized spacial score (nSPS) is 10.1. The third-order valence-electron chi connectivity index (χ3n) is 4.02. The van der Waals surface area contributed by atoms with Gasteiger partial charge in [0.1, 0.15) is 0 Å². The van der Waals surface area contributed by atoms with E-state index in [4.69, 9.17) is 16.2 Å². The van der Waals surface area contributed by atoms with Gasteiger partial charge in [-0.15, -0.1) is 0 Å². The number of hydrogen-bond donors (Lipinski definition) is 3. The van der Waals surface area contributed by atoms with Gasteiger partial charge in [0.25, 0.3) is 0 Å². The molecule has 0 fully saturated rings. The molecule has 0 heterocycles. The Morgan fingerprint density at radius 3 is 0.500 bits per heavy atom. The molecule has 1 radical (unpaired) electrons.